The molecule has 28 heavy (non-hydrogen) atoms. The van der Waals surface area contributed by atoms with Gasteiger partial charge in [-0.3, -0.25) is 0 Å². The molecule has 0 saturated heterocycles. The van der Waals surface area contributed by atoms with Gasteiger partial charge in [-0.2, -0.15) is 0 Å². The second kappa shape index (κ2) is 11.0. The third-order valence-corrected chi connectivity index (χ3v) is 5.90. The Bertz CT molecular complexity index is 753. The lowest BCUT2D eigenvalue weighted by Crippen LogP contribution is -2.13. The van der Waals surface area contributed by atoms with Gasteiger partial charge < -0.3 is 4.74 Å². The standard InChI is InChI=1S/C27H34O/c1-3-5-21-28-27-19-13-24(14-20-27)8-7-23-11-17-26(18-12-23)25-15-9-22(6-4-2)10-16-25/h11-14,17-20,22,25H,3-6,9-10,15-16,21H2,1-2H3. The average molecular weight is 375 g/mol. The fraction of sp³-hybridized carbons (Fsp3) is 0.481. The monoisotopic (exact) mass is 374 g/mol. The zero-order valence-corrected chi connectivity index (χ0v) is 17.5. The fourth-order valence-electron chi connectivity index (χ4n) is 4.14. The summed E-state index contributed by atoms with van der Waals surface area (Å²) < 4.78 is 5.71. The molecule has 0 atom stereocenters. The number of benzene rings is 2. The minimum Gasteiger partial charge on any atom is -0.494 e. The lowest BCUT2D eigenvalue weighted by atomic mass is 9.77. The Morgan fingerprint density at radius 3 is 1.96 bits per heavy atom. The maximum absolute atomic E-state index is 5.71. The molecular weight excluding hydrogens is 340 g/mol. The average Bonchev–Trinajstić information content (AvgIpc) is 2.75. The van der Waals surface area contributed by atoms with Crippen molar-refractivity contribution in [3.8, 4) is 17.6 Å². The molecule has 1 fully saturated rings. The summed E-state index contributed by atoms with van der Waals surface area (Å²) >= 11 is 0. The van der Waals surface area contributed by atoms with Crippen LogP contribution in [0.25, 0.3) is 0 Å². The molecule has 0 bridgehead atoms. The van der Waals surface area contributed by atoms with E-state index in [-0.39, 0.29) is 0 Å². The molecule has 0 unspecified atom stereocenters. The van der Waals surface area contributed by atoms with Crippen LogP contribution in [-0.2, 0) is 0 Å². The Morgan fingerprint density at radius 2 is 1.39 bits per heavy atom. The highest BCUT2D eigenvalue weighted by Crippen LogP contribution is 2.37. The first-order valence-corrected chi connectivity index (χ1v) is 11.1. The number of ether oxygens (including phenoxy) is 1. The molecule has 0 amide bonds. The topological polar surface area (TPSA) is 9.23 Å². The highest BCUT2D eigenvalue weighted by Gasteiger charge is 2.21. The molecule has 0 N–H and O–H groups in total. The van der Waals surface area contributed by atoms with Gasteiger partial charge in [0.1, 0.15) is 5.75 Å². The predicted octanol–water partition coefficient (Wildman–Crippen LogP) is 7.34. The molecule has 1 heteroatoms. The molecule has 0 radical (unpaired) electrons. The van der Waals surface area contributed by atoms with E-state index in [2.05, 4.69) is 50.0 Å². The van der Waals surface area contributed by atoms with E-state index in [1.54, 1.807) is 0 Å². The van der Waals surface area contributed by atoms with Crippen molar-refractivity contribution >= 4 is 0 Å². The van der Waals surface area contributed by atoms with Crippen LogP contribution in [0.1, 0.15) is 87.8 Å². The maximum Gasteiger partial charge on any atom is 0.119 e. The van der Waals surface area contributed by atoms with Crippen LogP contribution in [0.3, 0.4) is 0 Å². The molecule has 0 aliphatic heterocycles. The van der Waals surface area contributed by atoms with E-state index in [0.29, 0.717) is 0 Å². The Balaban J connectivity index is 1.53. The maximum atomic E-state index is 5.71. The SMILES string of the molecule is CCCCOc1ccc(C#Cc2ccc(C3CCC(CCC)CC3)cc2)cc1. The Kier molecular flexibility index (Phi) is 8.04. The van der Waals surface area contributed by atoms with Gasteiger partial charge >= 0.3 is 0 Å². The van der Waals surface area contributed by atoms with Gasteiger partial charge in [0.2, 0.25) is 0 Å². The van der Waals surface area contributed by atoms with Gasteiger partial charge in [0.05, 0.1) is 6.61 Å². The van der Waals surface area contributed by atoms with E-state index < -0.39 is 0 Å². The van der Waals surface area contributed by atoms with Crippen LogP contribution < -0.4 is 4.74 Å². The molecule has 0 spiro atoms. The summed E-state index contributed by atoms with van der Waals surface area (Å²) in [5, 5.41) is 0. The molecule has 1 aliphatic carbocycles. The lowest BCUT2D eigenvalue weighted by molar-refractivity contribution is 0.308. The Morgan fingerprint density at radius 1 is 0.786 bits per heavy atom. The van der Waals surface area contributed by atoms with E-state index in [1.165, 1.54) is 44.1 Å². The smallest absolute Gasteiger partial charge is 0.119 e. The second-order valence-electron chi connectivity index (χ2n) is 8.10. The van der Waals surface area contributed by atoms with Crippen LogP contribution >= 0.6 is 0 Å². The van der Waals surface area contributed by atoms with Gasteiger partial charge in [-0.25, -0.2) is 0 Å². The first-order valence-electron chi connectivity index (χ1n) is 11.1. The van der Waals surface area contributed by atoms with Crippen molar-refractivity contribution in [2.45, 2.75) is 71.1 Å². The van der Waals surface area contributed by atoms with Crippen LogP contribution in [0.15, 0.2) is 48.5 Å². The summed E-state index contributed by atoms with van der Waals surface area (Å²) in [5.41, 5.74) is 3.61. The van der Waals surface area contributed by atoms with Crippen molar-refractivity contribution in [1.29, 1.82) is 0 Å². The van der Waals surface area contributed by atoms with Crippen molar-refractivity contribution in [3.05, 3.63) is 65.2 Å². The van der Waals surface area contributed by atoms with E-state index in [1.807, 2.05) is 24.3 Å². The quantitative estimate of drug-likeness (QED) is 0.364. The summed E-state index contributed by atoms with van der Waals surface area (Å²) in [7, 11) is 0. The van der Waals surface area contributed by atoms with Crippen LogP contribution in [0.2, 0.25) is 0 Å². The summed E-state index contributed by atoms with van der Waals surface area (Å²) in [4.78, 5) is 0. The first kappa shape index (κ1) is 20.5. The summed E-state index contributed by atoms with van der Waals surface area (Å²) in [5.74, 6) is 9.21. The molecule has 0 aromatic heterocycles. The van der Waals surface area contributed by atoms with E-state index >= 15 is 0 Å². The molecule has 1 nitrogen and oxygen atoms in total. The predicted molar refractivity (Wildman–Crippen MR) is 119 cm³/mol. The highest BCUT2D eigenvalue weighted by atomic mass is 16.5. The molecule has 148 valence electrons. The molecule has 1 saturated carbocycles. The van der Waals surface area contributed by atoms with Crippen molar-refractivity contribution < 1.29 is 4.74 Å². The van der Waals surface area contributed by atoms with Crippen molar-refractivity contribution in [1.82, 2.24) is 0 Å². The summed E-state index contributed by atoms with van der Waals surface area (Å²) in [6, 6.07) is 17.1. The second-order valence-corrected chi connectivity index (χ2v) is 8.10. The Labute approximate surface area is 171 Å². The third-order valence-electron chi connectivity index (χ3n) is 5.90. The van der Waals surface area contributed by atoms with E-state index in [9.17, 15) is 0 Å². The molecule has 3 rings (SSSR count). The number of rotatable bonds is 7. The number of unbranched alkanes of at least 4 members (excludes halogenated alkanes) is 1. The first-order chi connectivity index (χ1) is 13.8. The Hall–Kier alpha value is -2.20. The van der Waals surface area contributed by atoms with Gasteiger partial charge in [0.15, 0.2) is 0 Å². The van der Waals surface area contributed by atoms with Crippen molar-refractivity contribution in [2.24, 2.45) is 5.92 Å². The number of hydrogen-bond donors (Lipinski definition) is 0. The van der Waals surface area contributed by atoms with Crippen LogP contribution in [0.5, 0.6) is 5.75 Å². The fourth-order valence-corrected chi connectivity index (χ4v) is 4.14. The van der Waals surface area contributed by atoms with Gasteiger partial charge in [-0.05, 0) is 85.9 Å². The van der Waals surface area contributed by atoms with E-state index in [4.69, 9.17) is 4.74 Å². The molecule has 0 heterocycles. The number of hydrogen-bond acceptors (Lipinski definition) is 1. The minimum atomic E-state index is 0.746. The zero-order chi connectivity index (χ0) is 19.6. The van der Waals surface area contributed by atoms with Crippen molar-refractivity contribution in [2.75, 3.05) is 6.61 Å². The molecule has 2 aromatic rings. The summed E-state index contributed by atoms with van der Waals surface area (Å²) in [6.07, 6.45) is 10.5. The van der Waals surface area contributed by atoms with Gasteiger partial charge in [0, 0.05) is 11.1 Å². The molecule has 2 aromatic carbocycles. The molecule has 1 aliphatic rings. The van der Waals surface area contributed by atoms with E-state index in [0.717, 1.165) is 48.2 Å². The van der Waals surface area contributed by atoms with Gasteiger partial charge in [0.25, 0.3) is 0 Å². The normalized spacial score (nSPS) is 18.9. The lowest BCUT2D eigenvalue weighted by Gasteiger charge is -2.28. The minimum absolute atomic E-state index is 0.746. The van der Waals surface area contributed by atoms with Crippen LogP contribution in [-0.4, -0.2) is 6.61 Å². The largest absolute Gasteiger partial charge is 0.494 e. The summed E-state index contributed by atoms with van der Waals surface area (Å²) in [6.45, 7) is 5.27. The van der Waals surface area contributed by atoms with Crippen LogP contribution in [0.4, 0.5) is 0 Å². The highest BCUT2D eigenvalue weighted by molar-refractivity contribution is 5.45. The van der Waals surface area contributed by atoms with Gasteiger partial charge in [-0.15, -0.1) is 0 Å². The van der Waals surface area contributed by atoms with Crippen molar-refractivity contribution in [3.63, 3.8) is 0 Å². The molecular formula is C27H34O. The van der Waals surface area contributed by atoms with Gasteiger partial charge in [-0.1, -0.05) is 57.1 Å². The zero-order valence-electron chi connectivity index (χ0n) is 17.5. The third kappa shape index (κ3) is 6.16. The van der Waals surface area contributed by atoms with Crippen LogP contribution in [0, 0.1) is 17.8 Å².